The minimum Gasteiger partial charge on any atom is -0.413 e. The van der Waals surface area contributed by atoms with Gasteiger partial charge in [-0.15, -0.1) is 11.6 Å². The van der Waals surface area contributed by atoms with Crippen LogP contribution in [0.5, 0.6) is 0 Å². The van der Waals surface area contributed by atoms with Gasteiger partial charge in [0.1, 0.15) is 6.26 Å². The van der Waals surface area contributed by atoms with Crippen LogP contribution in [0, 0.1) is 0 Å². The minimum atomic E-state index is -0.0434. The highest BCUT2D eigenvalue weighted by atomic mass is 16.7. The number of unbranched alkanes of at least 4 members (excludes halogenated alkanes) is 1. The summed E-state index contributed by atoms with van der Waals surface area (Å²) in [4.78, 5) is 5.87. The molecule has 2 aromatic carbocycles. The van der Waals surface area contributed by atoms with Crippen LogP contribution in [0.15, 0.2) is 86.2 Å². The molecule has 0 aromatic heterocycles. The normalized spacial score (nSPS) is 23.5. The van der Waals surface area contributed by atoms with Crippen LogP contribution in [0.25, 0.3) is 0 Å². The molecule has 1 aliphatic heterocycles. The summed E-state index contributed by atoms with van der Waals surface area (Å²) >= 11 is 0. The average molecular weight is 526 g/mol. The molecule has 2 nitrogen and oxygen atoms in total. The van der Waals surface area contributed by atoms with Crippen molar-refractivity contribution in [3.8, 4) is 0 Å². The van der Waals surface area contributed by atoms with Crippen molar-refractivity contribution >= 4 is 0 Å². The fraction of sp³-hybridized carbons (Fsp3) is 0.514. The zero-order chi connectivity index (χ0) is 27.9. The van der Waals surface area contributed by atoms with E-state index >= 15 is 0 Å². The van der Waals surface area contributed by atoms with E-state index in [0.29, 0.717) is 17.8 Å². The highest BCUT2D eigenvalue weighted by Crippen LogP contribution is 2.46. The first-order valence-electron chi connectivity index (χ1n) is 15.3. The zero-order valence-corrected chi connectivity index (χ0v) is 25.0. The van der Waals surface area contributed by atoms with Gasteiger partial charge in [-0.05, 0) is 132 Å². The van der Waals surface area contributed by atoms with Gasteiger partial charge in [-0.25, -0.2) is 0 Å². The molecule has 2 aromatic rings. The average Bonchev–Trinajstić information content (AvgIpc) is 2.93. The maximum Gasteiger partial charge on any atom is 0.104 e. The van der Waals surface area contributed by atoms with Crippen LogP contribution in [0.1, 0.15) is 125 Å². The van der Waals surface area contributed by atoms with Crippen molar-refractivity contribution in [2.45, 2.75) is 121 Å². The predicted molar refractivity (Wildman–Crippen MR) is 167 cm³/mol. The lowest BCUT2D eigenvalue weighted by Crippen LogP contribution is -2.59. The van der Waals surface area contributed by atoms with E-state index in [1.807, 2.05) is 6.08 Å². The number of piperidine rings is 1. The quantitative estimate of drug-likeness (QED) is 0.164. The highest BCUT2D eigenvalue weighted by molar-refractivity contribution is 5.31. The second-order valence-corrected chi connectivity index (χ2v) is 13.1. The van der Waals surface area contributed by atoms with E-state index in [9.17, 15) is 0 Å². The molecule has 1 heterocycles. The first kappa shape index (κ1) is 29.4. The first-order valence-corrected chi connectivity index (χ1v) is 15.3. The minimum absolute atomic E-state index is 0.0434. The van der Waals surface area contributed by atoms with Crippen LogP contribution in [-0.4, -0.2) is 16.1 Å². The molecule has 1 saturated heterocycles. The molecule has 39 heavy (non-hydrogen) atoms. The van der Waals surface area contributed by atoms with Gasteiger partial charge in [0, 0.05) is 0 Å². The Morgan fingerprint density at radius 2 is 1.15 bits per heavy atom. The first-order chi connectivity index (χ1) is 18.7. The topological polar surface area (TPSA) is 12.5 Å². The van der Waals surface area contributed by atoms with Gasteiger partial charge in [0.05, 0.1) is 11.1 Å². The molecule has 0 unspecified atom stereocenters. The molecule has 0 spiro atoms. The van der Waals surface area contributed by atoms with Crippen LogP contribution < -0.4 is 0 Å². The van der Waals surface area contributed by atoms with Gasteiger partial charge >= 0.3 is 0 Å². The lowest BCUT2D eigenvalue weighted by atomic mass is 9.72. The molecule has 2 aliphatic rings. The number of allylic oxidation sites excluding steroid dienone is 3. The molecule has 0 atom stereocenters. The molecule has 210 valence electrons. The zero-order valence-electron chi connectivity index (χ0n) is 25.0. The van der Waals surface area contributed by atoms with Crippen LogP contribution in [0.4, 0.5) is 0 Å². The van der Waals surface area contributed by atoms with Gasteiger partial charge in [-0.3, -0.25) is 0 Å². The summed E-state index contributed by atoms with van der Waals surface area (Å²) in [5, 5.41) is 2.15. The predicted octanol–water partition coefficient (Wildman–Crippen LogP) is 10.4. The van der Waals surface area contributed by atoms with Gasteiger partial charge < -0.3 is 4.84 Å². The Kier molecular flexibility index (Phi) is 9.94. The lowest BCUT2D eigenvalue weighted by molar-refractivity contribution is -0.249. The summed E-state index contributed by atoms with van der Waals surface area (Å²) in [6, 6.07) is 19.2. The Bertz CT molecular complexity index is 1070. The third-order valence-corrected chi connectivity index (χ3v) is 9.13. The summed E-state index contributed by atoms with van der Waals surface area (Å²) < 4.78 is 0. The molecular weight excluding hydrogens is 474 g/mol. The standard InChI is InChI=1S/C37H51NO/c1-7-9-10-11-12-13-14-29-15-17-30(18-16-29)31-19-21-32(22-20-31)33-23-25-34(26-24-33)35-27-36(3,4)38(39-8-2)37(5,6)28-35/h7-8,11-12,15-18,23-26,31-32,35H,1-2,9-10,13-14,19-22,27-28H2,3-6H3/b12-11+. The molecular formula is C37H51NO. The van der Waals surface area contributed by atoms with Crippen LogP contribution in [0.2, 0.25) is 0 Å². The van der Waals surface area contributed by atoms with Crippen molar-refractivity contribution in [1.82, 2.24) is 5.06 Å². The molecule has 2 heteroatoms. The monoisotopic (exact) mass is 525 g/mol. The Morgan fingerprint density at radius 3 is 1.64 bits per heavy atom. The third kappa shape index (κ3) is 7.54. The smallest absolute Gasteiger partial charge is 0.104 e. The maximum absolute atomic E-state index is 5.87. The van der Waals surface area contributed by atoms with E-state index in [2.05, 4.69) is 107 Å². The van der Waals surface area contributed by atoms with E-state index in [4.69, 9.17) is 4.84 Å². The molecule has 0 amide bonds. The fourth-order valence-electron chi connectivity index (χ4n) is 7.32. The van der Waals surface area contributed by atoms with Crippen molar-refractivity contribution in [3.63, 3.8) is 0 Å². The van der Waals surface area contributed by atoms with Crippen molar-refractivity contribution in [1.29, 1.82) is 0 Å². The van der Waals surface area contributed by atoms with E-state index in [1.54, 1.807) is 6.26 Å². The van der Waals surface area contributed by atoms with E-state index < -0.39 is 0 Å². The number of rotatable bonds is 11. The highest BCUT2D eigenvalue weighted by Gasteiger charge is 2.47. The van der Waals surface area contributed by atoms with Gasteiger partial charge in [-0.2, -0.15) is 0 Å². The van der Waals surface area contributed by atoms with E-state index in [1.165, 1.54) is 47.9 Å². The van der Waals surface area contributed by atoms with E-state index in [-0.39, 0.29) is 11.1 Å². The molecule has 4 rings (SSSR count). The van der Waals surface area contributed by atoms with Crippen molar-refractivity contribution in [3.05, 3.63) is 108 Å². The molecule has 0 bridgehead atoms. The number of hydrogen-bond donors (Lipinski definition) is 0. The summed E-state index contributed by atoms with van der Waals surface area (Å²) in [6.07, 6.45) is 19.9. The molecule has 0 N–H and O–H groups in total. The summed E-state index contributed by atoms with van der Waals surface area (Å²) in [7, 11) is 0. The van der Waals surface area contributed by atoms with Gasteiger partial charge in [0.2, 0.25) is 0 Å². The number of benzene rings is 2. The SMILES string of the molecule is C=CCC/C=C/CCc1ccc(C2CCC(c3ccc(C4CC(C)(C)N(OC=C)C(C)(C)C4)cc3)CC2)cc1. The maximum atomic E-state index is 5.87. The number of hydrogen-bond acceptors (Lipinski definition) is 2. The number of nitrogens with zero attached hydrogens (tertiary/aromatic N) is 1. The van der Waals surface area contributed by atoms with Gasteiger partial charge in [0.15, 0.2) is 0 Å². The summed E-state index contributed by atoms with van der Waals surface area (Å²) in [6.45, 7) is 16.7. The van der Waals surface area contributed by atoms with Crippen LogP contribution in [0.3, 0.4) is 0 Å². The Morgan fingerprint density at radius 1 is 0.692 bits per heavy atom. The summed E-state index contributed by atoms with van der Waals surface area (Å²) in [5.74, 6) is 1.94. The summed E-state index contributed by atoms with van der Waals surface area (Å²) in [5.41, 5.74) is 5.90. The molecule has 1 saturated carbocycles. The molecule has 1 aliphatic carbocycles. The van der Waals surface area contributed by atoms with Crippen LogP contribution in [-0.2, 0) is 11.3 Å². The lowest BCUT2D eigenvalue weighted by Gasteiger charge is -2.53. The molecule has 0 radical (unpaired) electrons. The van der Waals surface area contributed by atoms with Gasteiger partial charge in [-0.1, -0.05) is 73.3 Å². The Hall–Kier alpha value is -2.58. The second-order valence-electron chi connectivity index (χ2n) is 13.1. The van der Waals surface area contributed by atoms with Gasteiger partial charge in [0.25, 0.3) is 0 Å². The van der Waals surface area contributed by atoms with Crippen molar-refractivity contribution in [2.75, 3.05) is 0 Å². The second kappa shape index (κ2) is 13.2. The number of hydroxylamine groups is 2. The van der Waals surface area contributed by atoms with Crippen molar-refractivity contribution < 1.29 is 4.84 Å². The Labute approximate surface area is 238 Å². The largest absolute Gasteiger partial charge is 0.413 e. The third-order valence-electron chi connectivity index (χ3n) is 9.13. The van der Waals surface area contributed by atoms with Crippen LogP contribution >= 0.6 is 0 Å². The Balaban J connectivity index is 1.29. The van der Waals surface area contributed by atoms with Crippen molar-refractivity contribution in [2.24, 2.45) is 0 Å². The number of aryl methyl sites for hydroxylation is 1. The van der Waals surface area contributed by atoms with E-state index in [0.717, 1.165) is 38.5 Å². The molecule has 2 fully saturated rings. The fourth-order valence-corrected chi connectivity index (χ4v) is 7.32.